The van der Waals surface area contributed by atoms with E-state index in [2.05, 4.69) is 15.3 Å². The zero-order chi connectivity index (χ0) is 16.1. The third kappa shape index (κ3) is 3.84. The quantitative estimate of drug-likeness (QED) is 0.781. The SMILES string of the molecule is O=C(Nc1ccc(Oc2ncccn2)cc1)c1ccccc1Cl. The fourth-order valence-electron chi connectivity index (χ4n) is 1.89. The maximum atomic E-state index is 12.2. The van der Waals surface area contributed by atoms with Crippen molar-refractivity contribution in [2.45, 2.75) is 0 Å². The molecule has 1 amide bonds. The number of amides is 1. The number of halogens is 1. The first-order valence-electron chi connectivity index (χ1n) is 6.83. The molecule has 0 unspecified atom stereocenters. The van der Waals surface area contributed by atoms with Gasteiger partial charge >= 0.3 is 6.01 Å². The lowest BCUT2D eigenvalue weighted by molar-refractivity contribution is 0.102. The van der Waals surface area contributed by atoms with Gasteiger partial charge in [0, 0.05) is 18.1 Å². The van der Waals surface area contributed by atoms with E-state index in [-0.39, 0.29) is 11.9 Å². The van der Waals surface area contributed by atoms with Gasteiger partial charge in [-0.3, -0.25) is 4.79 Å². The number of benzene rings is 2. The van der Waals surface area contributed by atoms with Crippen LogP contribution in [0.2, 0.25) is 5.02 Å². The Morgan fingerprint density at radius 3 is 2.35 bits per heavy atom. The minimum absolute atomic E-state index is 0.264. The van der Waals surface area contributed by atoms with Crippen LogP contribution in [0.3, 0.4) is 0 Å². The minimum Gasteiger partial charge on any atom is -0.424 e. The first-order valence-corrected chi connectivity index (χ1v) is 7.21. The zero-order valence-electron chi connectivity index (χ0n) is 11.9. The molecule has 0 aliphatic carbocycles. The Balaban J connectivity index is 1.68. The summed E-state index contributed by atoms with van der Waals surface area (Å²) < 4.78 is 5.49. The molecule has 1 aromatic heterocycles. The van der Waals surface area contributed by atoms with Gasteiger partial charge in [-0.15, -0.1) is 0 Å². The monoisotopic (exact) mass is 325 g/mol. The van der Waals surface area contributed by atoms with E-state index in [9.17, 15) is 4.79 Å². The van der Waals surface area contributed by atoms with Crippen LogP contribution in [0.1, 0.15) is 10.4 Å². The number of ether oxygens (including phenoxy) is 1. The van der Waals surface area contributed by atoms with Gasteiger partial charge in [-0.2, -0.15) is 0 Å². The summed E-state index contributed by atoms with van der Waals surface area (Å²) in [4.78, 5) is 20.1. The summed E-state index contributed by atoms with van der Waals surface area (Å²) in [7, 11) is 0. The van der Waals surface area contributed by atoms with Gasteiger partial charge in [-0.25, -0.2) is 9.97 Å². The van der Waals surface area contributed by atoms with Crippen LogP contribution < -0.4 is 10.1 Å². The molecular formula is C17H12ClN3O2. The Kier molecular flexibility index (Phi) is 4.49. The van der Waals surface area contributed by atoms with Crippen LogP contribution in [0.15, 0.2) is 67.0 Å². The fraction of sp³-hybridized carbons (Fsp3) is 0. The number of nitrogens with one attached hydrogen (secondary N) is 1. The number of carbonyl (C=O) groups excluding carboxylic acids is 1. The van der Waals surface area contributed by atoms with E-state index in [4.69, 9.17) is 16.3 Å². The average molecular weight is 326 g/mol. The number of hydrogen-bond donors (Lipinski definition) is 1. The molecule has 3 rings (SSSR count). The third-order valence-electron chi connectivity index (χ3n) is 2.98. The van der Waals surface area contributed by atoms with Crippen LogP contribution in [0.25, 0.3) is 0 Å². The molecule has 5 nitrogen and oxygen atoms in total. The van der Waals surface area contributed by atoms with Gasteiger partial charge in [0.15, 0.2) is 0 Å². The number of anilines is 1. The molecule has 1 N–H and O–H groups in total. The summed E-state index contributed by atoms with van der Waals surface area (Å²) in [6.07, 6.45) is 3.20. The largest absolute Gasteiger partial charge is 0.424 e. The first-order chi connectivity index (χ1) is 11.2. The molecule has 1 heterocycles. The lowest BCUT2D eigenvalue weighted by Gasteiger charge is -2.08. The van der Waals surface area contributed by atoms with Gasteiger partial charge in [-0.1, -0.05) is 23.7 Å². The molecule has 0 aliphatic rings. The maximum Gasteiger partial charge on any atom is 0.321 e. The first kappa shape index (κ1) is 15.0. The van der Waals surface area contributed by atoms with Crippen molar-refractivity contribution in [1.29, 1.82) is 0 Å². The summed E-state index contributed by atoms with van der Waals surface area (Å²) in [6.45, 7) is 0. The molecule has 0 saturated heterocycles. The lowest BCUT2D eigenvalue weighted by Crippen LogP contribution is -2.12. The van der Waals surface area contributed by atoms with Gasteiger partial charge in [-0.05, 0) is 42.5 Å². The standard InChI is InChI=1S/C17H12ClN3O2/c18-15-5-2-1-4-14(15)16(22)21-12-6-8-13(9-7-12)23-17-19-10-3-11-20-17/h1-11H,(H,21,22). The highest BCUT2D eigenvalue weighted by Crippen LogP contribution is 2.21. The highest BCUT2D eigenvalue weighted by atomic mass is 35.5. The summed E-state index contributed by atoms with van der Waals surface area (Å²) in [5.74, 6) is 0.308. The van der Waals surface area contributed by atoms with Crippen molar-refractivity contribution in [1.82, 2.24) is 9.97 Å². The van der Waals surface area contributed by atoms with E-state index in [0.29, 0.717) is 22.0 Å². The van der Waals surface area contributed by atoms with Crippen molar-refractivity contribution in [2.24, 2.45) is 0 Å². The Morgan fingerprint density at radius 2 is 1.65 bits per heavy atom. The van der Waals surface area contributed by atoms with Gasteiger partial charge in [0.25, 0.3) is 5.91 Å². The molecule has 2 aromatic carbocycles. The van der Waals surface area contributed by atoms with Crippen molar-refractivity contribution < 1.29 is 9.53 Å². The van der Waals surface area contributed by atoms with E-state index in [1.807, 2.05) is 0 Å². The van der Waals surface area contributed by atoms with E-state index >= 15 is 0 Å². The molecule has 0 bridgehead atoms. The molecule has 0 saturated carbocycles. The van der Waals surface area contributed by atoms with E-state index in [1.54, 1.807) is 67.0 Å². The van der Waals surface area contributed by atoms with Crippen LogP contribution >= 0.6 is 11.6 Å². The molecular weight excluding hydrogens is 314 g/mol. The Bertz CT molecular complexity index is 808. The van der Waals surface area contributed by atoms with Crippen molar-refractivity contribution in [3.63, 3.8) is 0 Å². The number of aromatic nitrogens is 2. The number of nitrogens with zero attached hydrogens (tertiary/aromatic N) is 2. The van der Waals surface area contributed by atoms with E-state index in [0.717, 1.165) is 0 Å². The molecule has 0 radical (unpaired) electrons. The molecule has 0 aliphatic heterocycles. The van der Waals surface area contributed by atoms with E-state index < -0.39 is 0 Å². The average Bonchev–Trinajstić information content (AvgIpc) is 2.58. The Labute approximate surface area is 137 Å². The highest BCUT2D eigenvalue weighted by molar-refractivity contribution is 6.34. The number of carbonyl (C=O) groups is 1. The predicted octanol–water partition coefficient (Wildman–Crippen LogP) is 4.17. The van der Waals surface area contributed by atoms with Gasteiger partial charge in [0.2, 0.25) is 0 Å². The summed E-state index contributed by atoms with van der Waals surface area (Å²) >= 11 is 6.01. The highest BCUT2D eigenvalue weighted by Gasteiger charge is 2.09. The molecule has 6 heteroatoms. The topological polar surface area (TPSA) is 64.1 Å². The fourth-order valence-corrected chi connectivity index (χ4v) is 2.12. The van der Waals surface area contributed by atoms with Crippen molar-refractivity contribution >= 4 is 23.2 Å². The van der Waals surface area contributed by atoms with Crippen LogP contribution in [0.5, 0.6) is 11.8 Å². The van der Waals surface area contributed by atoms with E-state index in [1.165, 1.54) is 0 Å². The Morgan fingerprint density at radius 1 is 0.957 bits per heavy atom. The summed E-state index contributed by atoms with van der Waals surface area (Å²) in [5.41, 5.74) is 1.06. The smallest absolute Gasteiger partial charge is 0.321 e. The van der Waals surface area contributed by atoms with Gasteiger partial charge in [0.1, 0.15) is 5.75 Å². The molecule has 3 aromatic rings. The predicted molar refractivity (Wildman–Crippen MR) is 88.0 cm³/mol. The second-order valence-electron chi connectivity index (χ2n) is 4.59. The normalized spacial score (nSPS) is 10.1. The second kappa shape index (κ2) is 6.89. The summed E-state index contributed by atoms with van der Waals surface area (Å²) in [6, 6.07) is 15.8. The van der Waals surface area contributed by atoms with Gasteiger partial charge in [0.05, 0.1) is 10.6 Å². The maximum absolute atomic E-state index is 12.2. The van der Waals surface area contributed by atoms with Crippen LogP contribution in [-0.2, 0) is 0 Å². The molecule has 0 atom stereocenters. The number of hydrogen-bond acceptors (Lipinski definition) is 4. The molecule has 0 spiro atoms. The van der Waals surface area contributed by atoms with Gasteiger partial charge < -0.3 is 10.1 Å². The third-order valence-corrected chi connectivity index (χ3v) is 3.31. The van der Waals surface area contributed by atoms with Crippen molar-refractivity contribution in [3.05, 3.63) is 77.6 Å². The van der Waals surface area contributed by atoms with Crippen LogP contribution in [0, 0.1) is 0 Å². The second-order valence-corrected chi connectivity index (χ2v) is 5.00. The molecule has 114 valence electrons. The molecule has 0 fully saturated rings. The Hall–Kier alpha value is -2.92. The van der Waals surface area contributed by atoms with Crippen molar-refractivity contribution in [2.75, 3.05) is 5.32 Å². The zero-order valence-corrected chi connectivity index (χ0v) is 12.7. The summed E-state index contributed by atoms with van der Waals surface area (Å²) in [5, 5.41) is 3.19. The van der Waals surface area contributed by atoms with Crippen molar-refractivity contribution in [3.8, 4) is 11.8 Å². The number of rotatable bonds is 4. The van der Waals surface area contributed by atoms with Crippen LogP contribution in [0.4, 0.5) is 5.69 Å². The minimum atomic E-state index is -0.268. The molecule has 23 heavy (non-hydrogen) atoms. The lowest BCUT2D eigenvalue weighted by atomic mass is 10.2. The van der Waals surface area contributed by atoms with Crippen LogP contribution in [-0.4, -0.2) is 15.9 Å².